The monoisotopic (exact) mass is 305 g/mol. The smallest absolute Gasteiger partial charge is 0.269 e. The van der Waals surface area contributed by atoms with Crippen LogP contribution in [0, 0.1) is 10.1 Å². The zero-order chi connectivity index (χ0) is 13.1. The van der Waals surface area contributed by atoms with E-state index in [9.17, 15) is 10.1 Å². The van der Waals surface area contributed by atoms with Crippen molar-refractivity contribution >= 4 is 29.7 Å². The van der Waals surface area contributed by atoms with Crippen molar-refractivity contribution in [3.8, 4) is 0 Å². The van der Waals surface area contributed by atoms with E-state index in [-0.39, 0.29) is 23.0 Å². The van der Waals surface area contributed by atoms with E-state index in [1.54, 1.807) is 12.1 Å². The molecule has 19 heavy (non-hydrogen) atoms. The van der Waals surface area contributed by atoms with E-state index in [4.69, 9.17) is 11.6 Å². The van der Waals surface area contributed by atoms with E-state index >= 15 is 0 Å². The zero-order valence-corrected chi connectivity index (χ0v) is 12.2. The molecule has 1 aliphatic heterocycles. The predicted molar refractivity (Wildman–Crippen MR) is 78.1 cm³/mol. The lowest BCUT2D eigenvalue weighted by Crippen LogP contribution is -2.49. The van der Waals surface area contributed by atoms with Crippen LogP contribution in [0.5, 0.6) is 0 Å². The van der Waals surface area contributed by atoms with Gasteiger partial charge < -0.3 is 5.32 Å². The topological polar surface area (TPSA) is 58.4 Å². The van der Waals surface area contributed by atoms with E-state index in [1.807, 2.05) is 0 Å². The molecule has 0 aromatic heterocycles. The van der Waals surface area contributed by atoms with Crippen molar-refractivity contribution < 1.29 is 4.92 Å². The fourth-order valence-electron chi connectivity index (χ4n) is 2.13. The van der Waals surface area contributed by atoms with Crippen molar-refractivity contribution in [1.82, 2.24) is 10.2 Å². The summed E-state index contributed by atoms with van der Waals surface area (Å²) in [5.74, 6) is 0. The van der Waals surface area contributed by atoms with Gasteiger partial charge in [-0.1, -0.05) is 11.6 Å². The van der Waals surface area contributed by atoms with Crippen LogP contribution in [0.15, 0.2) is 18.2 Å². The Bertz CT molecular complexity index is 457. The summed E-state index contributed by atoms with van der Waals surface area (Å²) in [5, 5.41) is 14.7. The van der Waals surface area contributed by atoms with Gasteiger partial charge in [-0.05, 0) is 18.6 Å². The number of nitro groups is 1. The summed E-state index contributed by atoms with van der Waals surface area (Å²) in [6.07, 6.45) is 0. The standard InChI is InChI=1S/C12H16ClN3O2.ClH/c1-9-7-14-4-5-15(9)8-10-6-11(16(17)18)2-3-12(10)13;/h2-3,6,9,14H,4-5,7-8H2,1H3;1H/t9-;/m1./s1. The SMILES string of the molecule is C[C@@H]1CNCCN1Cc1cc([N+](=O)[O-])ccc1Cl.Cl. The summed E-state index contributed by atoms with van der Waals surface area (Å²) in [7, 11) is 0. The maximum atomic E-state index is 10.8. The molecular weight excluding hydrogens is 289 g/mol. The molecule has 1 aliphatic rings. The number of nitro benzene ring substituents is 1. The van der Waals surface area contributed by atoms with Crippen LogP contribution in [0.3, 0.4) is 0 Å². The van der Waals surface area contributed by atoms with Gasteiger partial charge in [-0.2, -0.15) is 0 Å². The largest absolute Gasteiger partial charge is 0.314 e. The van der Waals surface area contributed by atoms with Gasteiger partial charge in [0.05, 0.1) is 4.92 Å². The Morgan fingerprint density at radius 1 is 1.58 bits per heavy atom. The lowest BCUT2D eigenvalue weighted by atomic mass is 10.1. The van der Waals surface area contributed by atoms with E-state index in [2.05, 4.69) is 17.1 Å². The van der Waals surface area contributed by atoms with E-state index in [0.717, 1.165) is 25.2 Å². The molecule has 0 saturated carbocycles. The van der Waals surface area contributed by atoms with Gasteiger partial charge in [-0.3, -0.25) is 15.0 Å². The maximum Gasteiger partial charge on any atom is 0.269 e. The first-order valence-electron chi connectivity index (χ1n) is 5.95. The number of nitrogens with one attached hydrogen (secondary N) is 1. The summed E-state index contributed by atoms with van der Waals surface area (Å²) >= 11 is 6.10. The molecule has 0 bridgehead atoms. The number of halogens is 2. The number of hydrogen-bond donors (Lipinski definition) is 1. The number of non-ortho nitro benzene ring substituents is 1. The molecule has 0 unspecified atom stereocenters. The number of nitrogens with zero attached hydrogens (tertiary/aromatic N) is 2. The second-order valence-electron chi connectivity index (χ2n) is 4.56. The predicted octanol–water partition coefficient (Wildman–Crippen LogP) is 2.46. The van der Waals surface area contributed by atoms with Crippen molar-refractivity contribution in [3.05, 3.63) is 38.9 Å². The van der Waals surface area contributed by atoms with Gasteiger partial charge in [-0.25, -0.2) is 0 Å². The van der Waals surface area contributed by atoms with E-state index in [1.165, 1.54) is 6.07 Å². The Morgan fingerprint density at radius 2 is 2.32 bits per heavy atom. The Morgan fingerprint density at radius 3 is 2.95 bits per heavy atom. The molecule has 7 heteroatoms. The fraction of sp³-hybridized carbons (Fsp3) is 0.500. The normalized spacial score (nSPS) is 19.8. The van der Waals surface area contributed by atoms with Gasteiger partial charge >= 0.3 is 0 Å². The van der Waals surface area contributed by atoms with Crippen molar-refractivity contribution in [2.75, 3.05) is 19.6 Å². The van der Waals surface area contributed by atoms with Crippen molar-refractivity contribution in [1.29, 1.82) is 0 Å². The van der Waals surface area contributed by atoms with Crippen LogP contribution in [-0.2, 0) is 6.54 Å². The lowest BCUT2D eigenvalue weighted by Gasteiger charge is -2.34. The average Bonchev–Trinajstić information content (AvgIpc) is 2.34. The van der Waals surface area contributed by atoms with Crippen LogP contribution < -0.4 is 5.32 Å². The average molecular weight is 306 g/mol. The molecule has 2 rings (SSSR count). The highest BCUT2D eigenvalue weighted by Gasteiger charge is 2.20. The summed E-state index contributed by atoms with van der Waals surface area (Å²) in [6.45, 7) is 5.60. The summed E-state index contributed by atoms with van der Waals surface area (Å²) < 4.78 is 0. The quantitative estimate of drug-likeness (QED) is 0.688. The minimum Gasteiger partial charge on any atom is -0.314 e. The van der Waals surface area contributed by atoms with Crippen molar-refractivity contribution in [3.63, 3.8) is 0 Å². The molecule has 0 radical (unpaired) electrons. The van der Waals surface area contributed by atoms with Gasteiger partial charge in [0.2, 0.25) is 0 Å². The molecule has 1 heterocycles. The Kier molecular flexibility index (Phi) is 6.00. The van der Waals surface area contributed by atoms with Crippen LogP contribution in [0.1, 0.15) is 12.5 Å². The van der Waals surface area contributed by atoms with Gasteiger partial charge in [0.15, 0.2) is 0 Å². The van der Waals surface area contributed by atoms with Gasteiger partial charge in [-0.15, -0.1) is 12.4 Å². The third kappa shape index (κ3) is 4.04. The Hall–Kier alpha value is -0.880. The first-order valence-corrected chi connectivity index (χ1v) is 6.33. The molecule has 1 saturated heterocycles. The summed E-state index contributed by atoms with van der Waals surface area (Å²) in [4.78, 5) is 12.7. The molecule has 1 aromatic rings. The summed E-state index contributed by atoms with van der Waals surface area (Å²) in [5.41, 5.74) is 0.914. The first-order chi connectivity index (χ1) is 8.58. The molecule has 1 fully saturated rings. The zero-order valence-electron chi connectivity index (χ0n) is 10.6. The maximum absolute atomic E-state index is 10.8. The molecular formula is C12H17Cl2N3O2. The number of benzene rings is 1. The minimum absolute atomic E-state index is 0. The van der Waals surface area contributed by atoms with E-state index < -0.39 is 0 Å². The van der Waals surface area contributed by atoms with Crippen LogP contribution >= 0.6 is 24.0 Å². The molecule has 1 N–H and O–H groups in total. The molecule has 106 valence electrons. The fourth-order valence-corrected chi connectivity index (χ4v) is 2.31. The van der Waals surface area contributed by atoms with Crippen molar-refractivity contribution in [2.45, 2.75) is 19.5 Å². The van der Waals surface area contributed by atoms with Crippen LogP contribution in [0.2, 0.25) is 5.02 Å². The molecule has 0 spiro atoms. The van der Waals surface area contributed by atoms with Gasteiger partial charge in [0.1, 0.15) is 0 Å². The van der Waals surface area contributed by atoms with Crippen LogP contribution in [0.25, 0.3) is 0 Å². The highest BCUT2D eigenvalue weighted by Crippen LogP contribution is 2.24. The molecule has 1 atom stereocenters. The third-order valence-corrected chi connectivity index (χ3v) is 3.62. The first kappa shape index (κ1) is 16.2. The van der Waals surface area contributed by atoms with Gasteiger partial charge in [0.25, 0.3) is 5.69 Å². The second kappa shape index (κ2) is 7.05. The van der Waals surface area contributed by atoms with Crippen LogP contribution in [0.4, 0.5) is 5.69 Å². The van der Waals surface area contributed by atoms with E-state index in [0.29, 0.717) is 17.6 Å². The highest BCUT2D eigenvalue weighted by atomic mass is 35.5. The molecule has 1 aromatic carbocycles. The number of hydrogen-bond acceptors (Lipinski definition) is 4. The highest BCUT2D eigenvalue weighted by molar-refractivity contribution is 6.31. The van der Waals surface area contributed by atoms with Crippen molar-refractivity contribution in [2.24, 2.45) is 0 Å². The van der Waals surface area contributed by atoms with Crippen LogP contribution in [-0.4, -0.2) is 35.5 Å². The van der Waals surface area contributed by atoms with Gasteiger partial charge in [0, 0.05) is 49.4 Å². The number of piperazine rings is 1. The molecule has 0 aliphatic carbocycles. The molecule has 0 amide bonds. The third-order valence-electron chi connectivity index (χ3n) is 3.25. The Balaban J connectivity index is 0.00000180. The molecule has 5 nitrogen and oxygen atoms in total. The second-order valence-corrected chi connectivity index (χ2v) is 4.96. The lowest BCUT2D eigenvalue weighted by molar-refractivity contribution is -0.384. The summed E-state index contributed by atoms with van der Waals surface area (Å²) in [6, 6.07) is 5.01. The minimum atomic E-state index is -0.388. The number of rotatable bonds is 3. The Labute approximate surface area is 123 Å².